The molecule has 1 aromatic heterocycles. The number of ether oxygens (including phenoxy) is 2. The number of carbonyl (C=O) groups excluding carboxylic acids is 1. The molecule has 0 aliphatic heterocycles. The minimum atomic E-state index is -0.543. The first-order chi connectivity index (χ1) is 10.1. The van der Waals surface area contributed by atoms with Gasteiger partial charge in [0.2, 0.25) is 5.88 Å². The van der Waals surface area contributed by atoms with E-state index in [1.54, 1.807) is 12.1 Å². The molecule has 2 aromatic rings. The standard InChI is InChI=1S/C15H16N2O4/c1-20-15(19)12-8-14(17-9-13(12)16)21-11-4-2-10(3-5-11)6-7-18/h2-5,8-9,18H,6-7,16H2,1H3. The number of aliphatic hydroxyl groups is 1. The molecule has 0 saturated carbocycles. The molecule has 0 bridgehead atoms. The van der Waals surface area contributed by atoms with Crippen molar-refractivity contribution in [1.82, 2.24) is 4.98 Å². The van der Waals surface area contributed by atoms with Gasteiger partial charge in [0, 0.05) is 12.7 Å². The molecule has 0 radical (unpaired) electrons. The Labute approximate surface area is 122 Å². The van der Waals surface area contributed by atoms with Gasteiger partial charge in [-0.15, -0.1) is 0 Å². The molecule has 21 heavy (non-hydrogen) atoms. The maximum absolute atomic E-state index is 11.5. The first kappa shape index (κ1) is 14.8. The summed E-state index contributed by atoms with van der Waals surface area (Å²) in [5, 5.41) is 8.86. The van der Waals surface area contributed by atoms with E-state index in [4.69, 9.17) is 15.6 Å². The van der Waals surface area contributed by atoms with Crippen LogP contribution >= 0.6 is 0 Å². The Bertz CT molecular complexity index is 626. The zero-order valence-corrected chi connectivity index (χ0v) is 11.6. The Hall–Kier alpha value is -2.60. The zero-order chi connectivity index (χ0) is 15.2. The van der Waals surface area contributed by atoms with E-state index in [2.05, 4.69) is 9.72 Å². The summed E-state index contributed by atoms with van der Waals surface area (Å²) in [5.74, 6) is 0.280. The summed E-state index contributed by atoms with van der Waals surface area (Å²) in [6.45, 7) is 0.0994. The van der Waals surface area contributed by atoms with Crippen molar-refractivity contribution in [3.63, 3.8) is 0 Å². The van der Waals surface area contributed by atoms with Crippen molar-refractivity contribution in [3.8, 4) is 11.6 Å². The van der Waals surface area contributed by atoms with Gasteiger partial charge < -0.3 is 20.3 Å². The molecule has 0 aliphatic rings. The molecular formula is C15H16N2O4. The molecular weight excluding hydrogens is 272 g/mol. The van der Waals surface area contributed by atoms with Crippen LogP contribution in [0.4, 0.5) is 5.69 Å². The minimum Gasteiger partial charge on any atom is -0.465 e. The van der Waals surface area contributed by atoms with Gasteiger partial charge in [-0.1, -0.05) is 12.1 Å². The van der Waals surface area contributed by atoms with Gasteiger partial charge in [-0.05, 0) is 24.1 Å². The highest BCUT2D eigenvalue weighted by Crippen LogP contribution is 2.23. The van der Waals surface area contributed by atoms with E-state index in [0.29, 0.717) is 12.2 Å². The number of nitrogen functional groups attached to an aromatic ring is 1. The third kappa shape index (κ3) is 3.70. The number of methoxy groups -OCH3 is 1. The second-order valence-electron chi connectivity index (χ2n) is 4.32. The lowest BCUT2D eigenvalue weighted by atomic mass is 10.1. The minimum absolute atomic E-state index is 0.0994. The molecule has 0 saturated heterocycles. The summed E-state index contributed by atoms with van der Waals surface area (Å²) in [5.41, 5.74) is 7.11. The first-order valence-electron chi connectivity index (χ1n) is 6.35. The highest BCUT2D eigenvalue weighted by molar-refractivity contribution is 5.95. The Kier molecular flexibility index (Phi) is 4.73. The maximum Gasteiger partial charge on any atom is 0.340 e. The highest BCUT2D eigenvalue weighted by Gasteiger charge is 2.12. The number of carbonyl (C=O) groups is 1. The quantitative estimate of drug-likeness (QED) is 0.814. The topological polar surface area (TPSA) is 94.7 Å². The summed E-state index contributed by atoms with van der Waals surface area (Å²) in [6.07, 6.45) is 1.94. The van der Waals surface area contributed by atoms with Crippen LogP contribution in [0.3, 0.4) is 0 Å². The molecule has 6 nitrogen and oxygen atoms in total. The molecule has 0 unspecified atom stereocenters. The van der Waals surface area contributed by atoms with Crippen LogP contribution in [0.2, 0.25) is 0 Å². The number of esters is 1. The van der Waals surface area contributed by atoms with E-state index in [-0.39, 0.29) is 23.7 Å². The van der Waals surface area contributed by atoms with Crippen molar-refractivity contribution >= 4 is 11.7 Å². The van der Waals surface area contributed by atoms with E-state index in [0.717, 1.165) is 5.56 Å². The van der Waals surface area contributed by atoms with E-state index in [1.165, 1.54) is 19.4 Å². The molecule has 0 fully saturated rings. The number of hydrogen-bond donors (Lipinski definition) is 2. The SMILES string of the molecule is COC(=O)c1cc(Oc2ccc(CCO)cc2)ncc1N. The van der Waals surface area contributed by atoms with Gasteiger partial charge in [0.15, 0.2) is 0 Å². The smallest absolute Gasteiger partial charge is 0.340 e. The number of hydrogen-bond acceptors (Lipinski definition) is 6. The van der Waals surface area contributed by atoms with Gasteiger partial charge in [-0.3, -0.25) is 0 Å². The number of pyridine rings is 1. The Morgan fingerprint density at radius 1 is 1.33 bits per heavy atom. The molecule has 1 aromatic carbocycles. The molecule has 3 N–H and O–H groups in total. The predicted molar refractivity (Wildman–Crippen MR) is 77.3 cm³/mol. The largest absolute Gasteiger partial charge is 0.465 e. The van der Waals surface area contributed by atoms with Gasteiger partial charge in [-0.2, -0.15) is 0 Å². The van der Waals surface area contributed by atoms with E-state index < -0.39 is 5.97 Å². The van der Waals surface area contributed by atoms with Crippen LogP contribution in [0.5, 0.6) is 11.6 Å². The van der Waals surface area contributed by atoms with Crippen molar-refractivity contribution < 1.29 is 19.4 Å². The number of benzene rings is 1. The summed E-state index contributed by atoms with van der Waals surface area (Å²) < 4.78 is 10.2. The van der Waals surface area contributed by atoms with Crippen LogP contribution in [-0.4, -0.2) is 29.8 Å². The Balaban J connectivity index is 2.17. The van der Waals surface area contributed by atoms with Crippen LogP contribution in [0.15, 0.2) is 36.5 Å². The second-order valence-corrected chi connectivity index (χ2v) is 4.32. The molecule has 110 valence electrons. The fourth-order valence-electron chi connectivity index (χ4n) is 1.76. The van der Waals surface area contributed by atoms with Crippen molar-refractivity contribution in [1.29, 1.82) is 0 Å². The second kappa shape index (κ2) is 6.71. The number of nitrogens with two attached hydrogens (primary N) is 1. The summed E-state index contributed by atoms with van der Waals surface area (Å²) in [4.78, 5) is 15.6. The van der Waals surface area contributed by atoms with Crippen molar-refractivity contribution in [3.05, 3.63) is 47.7 Å². The van der Waals surface area contributed by atoms with Crippen LogP contribution < -0.4 is 10.5 Å². The van der Waals surface area contributed by atoms with E-state index in [1.807, 2.05) is 12.1 Å². The van der Waals surface area contributed by atoms with Crippen LogP contribution in [-0.2, 0) is 11.2 Å². The lowest BCUT2D eigenvalue weighted by Crippen LogP contribution is -2.06. The van der Waals surface area contributed by atoms with E-state index >= 15 is 0 Å². The van der Waals surface area contributed by atoms with Crippen LogP contribution in [0.1, 0.15) is 15.9 Å². The fourth-order valence-corrected chi connectivity index (χ4v) is 1.76. The zero-order valence-electron chi connectivity index (χ0n) is 11.6. The lowest BCUT2D eigenvalue weighted by molar-refractivity contribution is 0.0601. The maximum atomic E-state index is 11.5. The molecule has 0 spiro atoms. The lowest BCUT2D eigenvalue weighted by Gasteiger charge is -2.08. The van der Waals surface area contributed by atoms with Gasteiger partial charge in [0.1, 0.15) is 5.75 Å². The van der Waals surface area contributed by atoms with Gasteiger partial charge in [0.25, 0.3) is 0 Å². The van der Waals surface area contributed by atoms with Crippen molar-refractivity contribution in [2.45, 2.75) is 6.42 Å². The number of rotatable bonds is 5. The summed E-state index contributed by atoms with van der Waals surface area (Å²) in [7, 11) is 1.28. The molecule has 6 heteroatoms. The average Bonchev–Trinajstić information content (AvgIpc) is 2.50. The predicted octanol–water partition coefficient (Wildman–Crippen LogP) is 1.78. The number of anilines is 1. The highest BCUT2D eigenvalue weighted by atomic mass is 16.5. The van der Waals surface area contributed by atoms with Crippen LogP contribution in [0.25, 0.3) is 0 Å². The fraction of sp³-hybridized carbons (Fsp3) is 0.200. The average molecular weight is 288 g/mol. The third-order valence-corrected chi connectivity index (χ3v) is 2.86. The van der Waals surface area contributed by atoms with Crippen LogP contribution in [0, 0.1) is 0 Å². The molecule has 0 atom stereocenters. The normalized spacial score (nSPS) is 10.2. The van der Waals surface area contributed by atoms with Gasteiger partial charge >= 0.3 is 5.97 Å². The number of aliphatic hydroxyl groups excluding tert-OH is 1. The molecule has 0 amide bonds. The molecule has 2 rings (SSSR count). The van der Waals surface area contributed by atoms with Gasteiger partial charge in [0.05, 0.1) is 24.6 Å². The van der Waals surface area contributed by atoms with Crippen molar-refractivity contribution in [2.24, 2.45) is 0 Å². The number of nitrogens with zero attached hydrogens (tertiary/aromatic N) is 1. The van der Waals surface area contributed by atoms with Crippen molar-refractivity contribution in [2.75, 3.05) is 19.5 Å². The Morgan fingerprint density at radius 3 is 2.67 bits per heavy atom. The molecule has 0 aliphatic carbocycles. The van der Waals surface area contributed by atoms with E-state index in [9.17, 15) is 4.79 Å². The summed E-state index contributed by atoms with van der Waals surface area (Å²) >= 11 is 0. The third-order valence-electron chi connectivity index (χ3n) is 2.86. The molecule has 1 heterocycles. The summed E-state index contributed by atoms with van der Waals surface area (Å²) in [6, 6.07) is 8.67. The monoisotopic (exact) mass is 288 g/mol. The number of aromatic nitrogens is 1. The van der Waals surface area contributed by atoms with Gasteiger partial charge in [-0.25, -0.2) is 9.78 Å². The Morgan fingerprint density at radius 2 is 2.05 bits per heavy atom. The first-order valence-corrected chi connectivity index (χ1v) is 6.35.